The molecule has 0 saturated heterocycles. The van der Waals surface area contributed by atoms with E-state index in [2.05, 4.69) is 29.2 Å². The number of Topliss-reactive ketones (excluding diaryl/α,β-unsaturated/α-hetero) is 1. The summed E-state index contributed by atoms with van der Waals surface area (Å²) >= 11 is 1.58. The maximum absolute atomic E-state index is 12.0. The van der Waals surface area contributed by atoms with Gasteiger partial charge in [-0.25, -0.2) is 0 Å². The fourth-order valence-electron chi connectivity index (χ4n) is 1.70. The van der Waals surface area contributed by atoms with Crippen molar-refractivity contribution in [2.75, 3.05) is 24.7 Å². The van der Waals surface area contributed by atoms with Crippen molar-refractivity contribution in [3.63, 3.8) is 0 Å². The van der Waals surface area contributed by atoms with E-state index >= 15 is 0 Å². The SMILES string of the molecule is CN(C)c1ccc(SCC(=O)c2ccccc2)cc1. The summed E-state index contributed by atoms with van der Waals surface area (Å²) in [5, 5.41) is 0. The smallest absolute Gasteiger partial charge is 0.173 e. The zero-order chi connectivity index (χ0) is 13.7. The number of hydrogen-bond donors (Lipinski definition) is 0. The first-order chi connectivity index (χ1) is 9.16. The second-order valence-electron chi connectivity index (χ2n) is 4.47. The number of carbonyl (C=O) groups excluding carboxylic acids is 1. The van der Waals surface area contributed by atoms with E-state index in [-0.39, 0.29) is 5.78 Å². The van der Waals surface area contributed by atoms with Crippen molar-refractivity contribution in [1.29, 1.82) is 0 Å². The molecule has 2 aromatic rings. The Bertz CT molecular complexity index is 534. The molecule has 0 heterocycles. The predicted octanol–water partition coefficient (Wildman–Crippen LogP) is 3.73. The lowest BCUT2D eigenvalue weighted by molar-refractivity contribution is 0.102. The van der Waals surface area contributed by atoms with Gasteiger partial charge in [-0.3, -0.25) is 4.79 Å². The molecule has 0 amide bonds. The average Bonchev–Trinajstić information content (AvgIpc) is 2.46. The summed E-state index contributed by atoms with van der Waals surface area (Å²) in [6.07, 6.45) is 0. The fourth-order valence-corrected chi connectivity index (χ4v) is 2.49. The molecule has 0 aliphatic rings. The van der Waals surface area contributed by atoms with Crippen molar-refractivity contribution in [3.8, 4) is 0 Å². The third kappa shape index (κ3) is 3.86. The Morgan fingerprint density at radius 2 is 1.63 bits per heavy atom. The molecule has 98 valence electrons. The highest BCUT2D eigenvalue weighted by Crippen LogP contribution is 2.22. The molecule has 0 aliphatic carbocycles. The molecule has 0 spiro atoms. The average molecular weight is 271 g/mol. The Kier molecular flexibility index (Phi) is 4.63. The number of hydrogen-bond acceptors (Lipinski definition) is 3. The maximum Gasteiger partial charge on any atom is 0.173 e. The van der Waals surface area contributed by atoms with Gasteiger partial charge in [0.25, 0.3) is 0 Å². The lowest BCUT2D eigenvalue weighted by Crippen LogP contribution is -2.08. The van der Waals surface area contributed by atoms with Crippen molar-refractivity contribution in [2.45, 2.75) is 4.90 Å². The second kappa shape index (κ2) is 6.43. The van der Waals surface area contributed by atoms with Crippen LogP contribution in [0.25, 0.3) is 0 Å². The number of nitrogens with zero attached hydrogens (tertiary/aromatic N) is 1. The molecule has 0 aromatic heterocycles. The Labute approximate surface area is 118 Å². The van der Waals surface area contributed by atoms with E-state index in [4.69, 9.17) is 0 Å². The van der Waals surface area contributed by atoms with Crippen LogP contribution in [0.3, 0.4) is 0 Å². The molecule has 0 saturated carbocycles. The van der Waals surface area contributed by atoms with Gasteiger partial charge in [0.15, 0.2) is 5.78 Å². The predicted molar refractivity (Wildman–Crippen MR) is 82.3 cm³/mol. The van der Waals surface area contributed by atoms with Crippen molar-refractivity contribution in [3.05, 3.63) is 60.2 Å². The van der Waals surface area contributed by atoms with Gasteiger partial charge in [-0.1, -0.05) is 30.3 Å². The minimum Gasteiger partial charge on any atom is -0.378 e. The van der Waals surface area contributed by atoms with E-state index in [0.29, 0.717) is 5.75 Å². The standard InChI is InChI=1S/C16H17NOS/c1-17(2)14-8-10-15(11-9-14)19-12-16(18)13-6-4-3-5-7-13/h3-11H,12H2,1-2H3. The second-order valence-corrected chi connectivity index (χ2v) is 5.51. The van der Waals surface area contributed by atoms with E-state index in [0.717, 1.165) is 10.5 Å². The van der Waals surface area contributed by atoms with Crippen LogP contribution in [0, 0.1) is 0 Å². The van der Waals surface area contributed by atoms with E-state index in [1.54, 1.807) is 11.8 Å². The Morgan fingerprint density at radius 3 is 2.21 bits per heavy atom. The van der Waals surface area contributed by atoms with Crippen molar-refractivity contribution >= 4 is 23.2 Å². The molecule has 2 rings (SSSR count). The van der Waals surface area contributed by atoms with Crippen LogP contribution in [0.4, 0.5) is 5.69 Å². The van der Waals surface area contributed by atoms with Crippen molar-refractivity contribution < 1.29 is 4.79 Å². The van der Waals surface area contributed by atoms with Gasteiger partial charge in [-0.15, -0.1) is 11.8 Å². The first-order valence-corrected chi connectivity index (χ1v) is 7.14. The minimum absolute atomic E-state index is 0.169. The van der Waals surface area contributed by atoms with Crippen LogP contribution in [0.5, 0.6) is 0 Å². The quantitative estimate of drug-likeness (QED) is 0.610. The van der Waals surface area contributed by atoms with E-state index in [9.17, 15) is 4.79 Å². The number of rotatable bonds is 5. The topological polar surface area (TPSA) is 20.3 Å². The largest absolute Gasteiger partial charge is 0.378 e. The summed E-state index contributed by atoms with van der Waals surface area (Å²) in [6.45, 7) is 0. The molecule has 2 nitrogen and oxygen atoms in total. The van der Waals surface area contributed by atoms with Crippen LogP contribution in [0.15, 0.2) is 59.5 Å². The van der Waals surface area contributed by atoms with Crippen LogP contribution >= 0.6 is 11.8 Å². The molecule has 0 aliphatic heterocycles. The third-order valence-corrected chi connectivity index (χ3v) is 3.83. The lowest BCUT2D eigenvalue weighted by Gasteiger charge is -2.12. The van der Waals surface area contributed by atoms with Gasteiger partial charge in [-0.2, -0.15) is 0 Å². The van der Waals surface area contributed by atoms with E-state index in [1.807, 2.05) is 44.4 Å². The van der Waals surface area contributed by atoms with Gasteiger partial charge in [0.1, 0.15) is 0 Å². The van der Waals surface area contributed by atoms with Gasteiger partial charge in [0, 0.05) is 30.2 Å². The highest BCUT2D eigenvalue weighted by molar-refractivity contribution is 8.00. The Morgan fingerprint density at radius 1 is 1.00 bits per heavy atom. The molecule has 19 heavy (non-hydrogen) atoms. The minimum atomic E-state index is 0.169. The number of thioether (sulfide) groups is 1. The first-order valence-electron chi connectivity index (χ1n) is 6.15. The highest BCUT2D eigenvalue weighted by Gasteiger charge is 2.05. The maximum atomic E-state index is 12.0. The van der Waals surface area contributed by atoms with Crippen molar-refractivity contribution in [2.24, 2.45) is 0 Å². The number of carbonyl (C=O) groups is 1. The first kappa shape index (κ1) is 13.7. The van der Waals surface area contributed by atoms with Crippen molar-refractivity contribution in [1.82, 2.24) is 0 Å². The van der Waals surface area contributed by atoms with Crippen LogP contribution in [-0.4, -0.2) is 25.6 Å². The van der Waals surface area contributed by atoms with Gasteiger partial charge in [-0.05, 0) is 24.3 Å². The zero-order valence-corrected chi connectivity index (χ0v) is 12.0. The van der Waals surface area contributed by atoms with Gasteiger partial charge >= 0.3 is 0 Å². The van der Waals surface area contributed by atoms with E-state index < -0.39 is 0 Å². The molecular weight excluding hydrogens is 254 g/mol. The number of ketones is 1. The Balaban J connectivity index is 1.94. The number of benzene rings is 2. The van der Waals surface area contributed by atoms with Crippen LogP contribution in [0.2, 0.25) is 0 Å². The monoisotopic (exact) mass is 271 g/mol. The molecule has 0 atom stereocenters. The van der Waals surface area contributed by atoms with Gasteiger partial charge in [0.05, 0.1) is 5.75 Å². The molecular formula is C16H17NOS. The molecule has 2 aromatic carbocycles. The summed E-state index contributed by atoms with van der Waals surface area (Å²) in [5.41, 5.74) is 1.94. The summed E-state index contributed by atoms with van der Waals surface area (Å²) in [4.78, 5) is 15.1. The number of anilines is 1. The molecule has 0 fully saturated rings. The normalized spacial score (nSPS) is 10.2. The highest BCUT2D eigenvalue weighted by atomic mass is 32.2. The lowest BCUT2D eigenvalue weighted by atomic mass is 10.2. The third-order valence-electron chi connectivity index (χ3n) is 2.82. The molecule has 0 radical (unpaired) electrons. The summed E-state index contributed by atoms with van der Waals surface area (Å²) in [7, 11) is 4.03. The van der Waals surface area contributed by atoms with Crippen LogP contribution in [0.1, 0.15) is 10.4 Å². The van der Waals surface area contributed by atoms with Gasteiger partial charge < -0.3 is 4.90 Å². The fraction of sp³-hybridized carbons (Fsp3) is 0.188. The molecule has 0 unspecified atom stereocenters. The molecule has 0 bridgehead atoms. The van der Waals surface area contributed by atoms with E-state index in [1.165, 1.54) is 5.69 Å². The summed E-state index contributed by atoms with van der Waals surface area (Å²) in [6, 6.07) is 17.7. The van der Waals surface area contributed by atoms with Crippen LogP contribution in [-0.2, 0) is 0 Å². The summed E-state index contributed by atoms with van der Waals surface area (Å²) < 4.78 is 0. The molecule has 0 N–H and O–H groups in total. The van der Waals surface area contributed by atoms with Crippen LogP contribution < -0.4 is 4.90 Å². The zero-order valence-electron chi connectivity index (χ0n) is 11.2. The Hall–Kier alpha value is -1.74. The molecule has 3 heteroatoms. The van der Waals surface area contributed by atoms with Gasteiger partial charge in [0.2, 0.25) is 0 Å². The summed E-state index contributed by atoms with van der Waals surface area (Å²) in [5.74, 6) is 0.646.